The Hall–Kier alpha value is -1.85. The first-order valence-electron chi connectivity index (χ1n) is 11.0. The van der Waals surface area contributed by atoms with E-state index in [2.05, 4.69) is 66.5 Å². The number of hydrogen-bond acceptors (Lipinski definition) is 4. The fourth-order valence-electron chi connectivity index (χ4n) is 4.84. The van der Waals surface area contributed by atoms with Gasteiger partial charge in [-0.05, 0) is 54.7 Å². The largest absolute Gasteiger partial charge is 0.488 e. The summed E-state index contributed by atoms with van der Waals surface area (Å²) < 4.78 is 8.42. The van der Waals surface area contributed by atoms with Crippen LogP contribution in [0.5, 0.6) is 5.75 Å². The molecule has 1 N–H and O–H groups in total. The van der Waals surface area contributed by atoms with Crippen LogP contribution in [0.25, 0.3) is 0 Å². The molecule has 1 saturated heterocycles. The van der Waals surface area contributed by atoms with E-state index in [1.807, 2.05) is 12.4 Å². The highest BCUT2D eigenvalue weighted by atomic mass is 16.5. The van der Waals surface area contributed by atoms with Crippen LogP contribution in [0.2, 0.25) is 0 Å². The van der Waals surface area contributed by atoms with E-state index in [4.69, 9.17) is 4.74 Å². The standard InChI is InChI=1S/C24H35N3O2/c1-5-26-14-20(25-16-26)15-27-12-17-9-22(28)23(10-18(17)13-27)29-21-8-6-7-19(11-21)24(2,3)4/h6-8,11,14,16-18,22-23,28H,5,9-10,12-13,15H2,1-4H3/t17-,18+,22+,23+/m0/s1. The molecule has 5 nitrogen and oxygen atoms in total. The maximum absolute atomic E-state index is 10.8. The van der Waals surface area contributed by atoms with Crippen LogP contribution in [-0.4, -0.2) is 44.9 Å². The van der Waals surface area contributed by atoms with Crippen molar-refractivity contribution in [2.24, 2.45) is 11.8 Å². The van der Waals surface area contributed by atoms with Crippen molar-refractivity contribution >= 4 is 0 Å². The van der Waals surface area contributed by atoms with Gasteiger partial charge < -0.3 is 14.4 Å². The van der Waals surface area contributed by atoms with Gasteiger partial charge in [-0.15, -0.1) is 0 Å². The number of aliphatic hydroxyl groups is 1. The van der Waals surface area contributed by atoms with Gasteiger partial charge in [0.2, 0.25) is 0 Å². The van der Waals surface area contributed by atoms with Crippen molar-refractivity contribution in [1.82, 2.24) is 14.5 Å². The SMILES string of the molecule is CCn1cnc(CN2C[C@H]3C[C@@H](Oc4cccc(C(C)(C)C)c4)[C@H](O)C[C@H]3C2)c1. The van der Waals surface area contributed by atoms with Gasteiger partial charge in [-0.25, -0.2) is 4.98 Å². The van der Waals surface area contributed by atoms with Crippen LogP contribution in [0.3, 0.4) is 0 Å². The average molecular weight is 398 g/mol. The molecule has 1 aliphatic carbocycles. The number of aliphatic hydroxyl groups excluding tert-OH is 1. The third-order valence-electron chi connectivity index (χ3n) is 6.59. The topological polar surface area (TPSA) is 50.5 Å². The molecule has 0 spiro atoms. The summed E-state index contributed by atoms with van der Waals surface area (Å²) in [5, 5.41) is 10.8. The first-order valence-corrected chi connectivity index (χ1v) is 11.0. The van der Waals surface area contributed by atoms with E-state index >= 15 is 0 Å². The first kappa shape index (κ1) is 20.4. The number of ether oxygens (including phenoxy) is 1. The Bertz CT molecular complexity index is 826. The molecule has 5 heteroatoms. The fraction of sp³-hybridized carbons (Fsp3) is 0.625. The summed E-state index contributed by atoms with van der Waals surface area (Å²) in [4.78, 5) is 7.02. The molecule has 4 rings (SSSR count). The lowest BCUT2D eigenvalue weighted by atomic mass is 9.78. The highest BCUT2D eigenvalue weighted by Gasteiger charge is 2.42. The van der Waals surface area contributed by atoms with Gasteiger partial charge in [0, 0.05) is 32.4 Å². The van der Waals surface area contributed by atoms with E-state index in [0.717, 1.165) is 50.5 Å². The van der Waals surface area contributed by atoms with Gasteiger partial charge in [0.25, 0.3) is 0 Å². The van der Waals surface area contributed by atoms with Crippen molar-refractivity contribution in [2.45, 2.75) is 71.2 Å². The van der Waals surface area contributed by atoms with Gasteiger partial charge in [-0.2, -0.15) is 0 Å². The van der Waals surface area contributed by atoms with Crippen molar-refractivity contribution in [3.63, 3.8) is 0 Å². The number of rotatable bonds is 5. The lowest BCUT2D eigenvalue weighted by molar-refractivity contribution is -0.0232. The second-order valence-electron chi connectivity index (χ2n) is 9.88. The van der Waals surface area contributed by atoms with Crippen LogP contribution in [0.1, 0.15) is 51.8 Å². The van der Waals surface area contributed by atoms with Crippen LogP contribution in [0, 0.1) is 11.8 Å². The molecule has 1 saturated carbocycles. The Balaban J connectivity index is 1.38. The number of benzene rings is 1. The second kappa shape index (κ2) is 8.11. The summed E-state index contributed by atoms with van der Waals surface area (Å²) in [7, 11) is 0. The smallest absolute Gasteiger partial charge is 0.125 e. The molecule has 4 atom stereocenters. The number of nitrogens with zero attached hydrogens (tertiary/aromatic N) is 3. The van der Waals surface area contributed by atoms with Crippen molar-refractivity contribution in [1.29, 1.82) is 0 Å². The van der Waals surface area contributed by atoms with Crippen molar-refractivity contribution < 1.29 is 9.84 Å². The molecule has 0 amide bonds. The first-order chi connectivity index (χ1) is 13.8. The van der Waals surface area contributed by atoms with Gasteiger partial charge in [0.15, 0.2) is 0 Å². The molecule has 2 aromatic rings. The molecule has 29 heavy (non-hydrogen) atoms. The molecule has 2 fully saturated rings. The maximum Gasteiger partial charge on any atom is 0.125 e. The Morgan fingerprint density at radius 3 is 2.62 bits per heavy atom. The minimum atomic E-state index is -0.395. The number of aromatic nitrogens is 2. The summed E-state index contributed by atoms with van der Waals surface area (Å²) in [5.74, 6) is 2.02. The molecule has 0 unspecified atom stereocenters. The molecule has 1 aliphatic heterocycles. The van der Waals surface area contributed by atoms with Crippen LogP contribution in [0.15, 0.2) is 36.8 Å². The summed E-state index contributed by atoms with van der Waals surface area (Å²) in [6.07, 6.45) is 5.29. The average Bonchev–Trinajstić information content (AvgIpc) is 3.28. The van der Waals surface area contributed by atoms with Crippen molar-refractivity contribution in [3.8, 4) is 5.75 Å². The van der Waals surface area contributed by atoms with E-state index < -0.39 is 6.10 Å². The Labute approximate surface area is 174 Å². The van der Waals surface area contributed by atoms with Gasteiger partial charge in [-0.3, -0.25) is 4.90 Å². The van der Waals surface area contributed by atoms with E-state index in [9.17, 15) is 5.11 Å². The number of fused-ring (bicyclic) bond motifs is 1. The molecule has 1 aromatic carbocycles. The van der Waals surface area contributed by atoms with E-state index in [1.165, 1.54) is 5.56 Å². The van der Waals surface area contributed by atoms with Crippen LogP contribution in [-0.2, 0) is 18.5 Å². The highest BCUT2D eigenvalue weighted by molar-refractivity contribution is 5.32. The Morgan fingerprint density at radius 2 is 1.93 bits per heavy atom. The number of aryl methyl sites for hydroxylation is 1. The summed E-state index contributed by atoms with van der Waals surface area (Å²) in [6.45, 7) is 12.7. The minimum absolute atomic E-state index is 0.0896. The van der Waals surface area contributed by atoms with E-state index in [0.29, 0.717) is 11.8 Å². The lowest BCUT2D eigenvalue weighted by Gasteiger charge is -2.35. The normalized spacial score (nSPS) is 27.8. The van der Waals surface area contributed by atoms with Crippen LogP contribution < -0.4 is 4.74 Å². The van der Waals surface area contributed by atoms with Gasteiger partial charge in [0.1, 0.15) is 11.9 Å². The number of imidazole rings is 1. The predicted molar refractivity (Wildman–Crippen MR) is 115 cm³/mol. The Kier molecular flexibility index (Phi) is 5.71. The van der Waals surface area contributed by atoms with Gasteiger partial charge in [-0.1, -0.05) is 32.9 Å². The molecule has 0 radical (unpaired) electrons. The molecule has 2 aliphatic rings. The van der Waals surface area contributed by atoms with Crippen molar-refractivity contribution in [3.05, 3.63) is 48.0 Å². The molecule has 158 valence electrons. The zero-order chi connectivity index (χ0) is 20.6. The monoisotopic (exact) mass is 397 g/mol. The third kappa shape index (κ3) is 4.67. The molecular weight excluding hydrogens is 362 g/mol. The second-order valence-corrected chi connectivity index (χ2v) is 9.88. The van der Waals surface area contributed by atoms with E-state index in [-0.39, 0.29) is 11.5 Å². The number of hydrogen-bond donors (Lipinski definition) is 1. The van der Waals surface area contributed by atoms with Crippen LogP contribution in [0.4, 0.5) is 0 Å². The predicted octanol–water partition coefficient (Wildman–Crippen LogP) is 3.85. The Morgan fingerprint density at radius 1 is 1.17 bits per heavy atom. The lowest BCUT2D eigenvalue weighted by Crippen LogP contribution is -2.42. The zero-order valence-corrected chi connectivity index (χ0v) is 18.2. The molecule has 0 bridgehead atoms. The molecular formula is C24H35N3O2. The number of likely N-dealkylation sites (tertiary alicyclic amines) is 1. The fourth-order valence-corrected chi connectivity index (χ4v) is 4.84. The molecule has 2 heterocycles. The summed E-state index contributed by atoms with van der Waals surface area (Å²) >= 11 is 0. The van der Waals surface area contributed by atoms with Gasteiger partial charge in [0.05, 0.1) is 18.1 Å². The third-order valence-corrected chi connectivity index (χ3v) is 6.59. The van der Waals surface area contributed by atoms with Gasteiger partial charge >= 0.3 is 0 Å². The summed E-state index contributed by atoms with van der Waals surface area (Å²) in [5.41, 5.74) is 2.49. The summed E-state index contributed by atoms with van der Waals surface area (Å²) in [6, 6.07) is 8.35. The van der Waals surface area contributed by atoms with Crippen molar-refractivity contribution in [2.75, 3.05) is 13.1 Å². The highest BCUT2D eigenvalue weighted by Crippen LogP contribution is 2.38. The zero-order valence-electron chi connectivity index (χ0n) is 18.2. The molecule has 1 aromatic heterocycles. The maximum atomic E-state index is 10.8. The van der Waals surface area contributed by atoms with Crippen LogP contribution >= 0.6 is 0 Å². The van der Waals surface area contributed by atoms with E-state index in [1.54, 1.807) is 0 Å². The quantitative estimate of drug-likeness (QED) is 0.833. The minimum Gasteiger partial charge on any atom is -0.488 e.